The summed E-state index contributed by atoms with van der Waals surface area (Å²) in [7, 11) is 0. The van der Waals surface area contributed by atoms with Gasteiger partial charge >= 0.3 is 0 Å². The van der Waals surface area contributed by atoms with Crippen LogP contribution in [0.15, 0.2) is 0 Å². The van der Waals surface area contributed by atoms with Gasteiger partial charge in [-0.05, 0) is 12.8 Å². The molecule has 1 aliphatic rings. The molecule has 0 amide bonds. The van der Waals surface area contributed by atoms with E-state index in [0.717, 1.165) is 19.3 Å². The van der Waals surface area contributed by atoms with Gasteiger partial charge in [-0.2, -0.15) is 0 Å². The molecule has 0 bridgehead atoms. The van der Waals surface area contributed by atoms with Crippen molar-refractivity contribution in [2.75, 3.05) is 0 Å². The second-order valence-corrected chi connectivity index (χ2v) is 2.52. The maximum atomic E-state index is 9.05. The summed E-state index contributed by atoms with van der Waals surface area (Å²) in [6.07, 6.45) is 4.03. The minimum absolute atomic E-state index is 0. The molecule has 0 radical (unpaired) electrons. The zero-order valence-electron chi connectivity index (χ0n) is 5.42. The molecule has 0 aliphatic heterocycles. The molecule has 1 rings (SSSR count). The number of halogens is 1. The van der Waals surface area contributed by atoms with Crippen molar-refractivity contribution in [2.45, 2.75) is 37.8 Å². The van der Waals surface area contributed by atoms with E-state index in [2.05, 4.69) is 0 Å². The van der Waals surface area contributed by atoms with Crippen LogP contribution in [0.5, 0.6) is 0 Å². The quantitative estimate of drug-likeness (QED) is 0.602. The second kappa shape index (κ2) is 4.25. The minimum atomic E-state index is -0.219. The van der Waals surface area contributed by atoms with Gasteiger partial charge in [0.05, 0.1) is 6.10 Å². The van der Waals surface area contributed by atoms with E-state index < -0.39 is 0 Å². The maximum Gasteiger partial charge on any atom is 0.0691 e. The second-order valence-electron chi connectivity index (χ2n) is 2.52. The number of rotatable bonds is 0. The molecule has 2 unspecified atom stereocenters. The molecule has 2 nitrogen and oxygen atoms in total. The van der Waals surface area contributed by atoms with E-state index in [0.29, 0.717) is 0 Å². The zero-order chi connectivity index (χ0) is 5.98. The van der Waals surface area contributed by atoms with Crippen LogP contribution in [-0.4, -0.2) is 17.3 Å². The first kappa shape index (κ1) is 9.40. The molecule has 3 N–H and O–H groups in total. The predicted molar refractivity (Wildman–Crippen MR) is 42.8 cm³/mol. The average molecular weight is 196 g/mol. The van der Waals surface area contributed by atoms with Crippen molar-refractivity contribution in [3.8, 4) is 0 Å². The summed E-state index contributed by atoms with van der Waals surface area (Å²) in [6, 6.07) is 0.0590. The molecule has 1 fully saturated rings. The van der Waals surface area contributed by atoms with Gasteiger partial charge in [-0.25, -0.2) is 0 Å². The Kier molecular flexibility index (Phi) is 4.44. The van der Waals surface area contributed by atoms with Gasteiger partial charge in [0.25, 0.3) is 0 Å². The Morgan fingerprint density at radius 3 is 2.11 bits per heavy atom. The van der Waals surface area contributed by atoms with Gasteiger partial charge in [0.15, 0.2) is 0 Å². The summed E-state index contributed by atoms with van der Waals surface area (Å²) < 4.78 is 0. The van der Waals surface area contributed by atoms with E-state index in [1.165, 1.54) is 6.42 Å². The SMILES string of the molecule is Br.NC1CCCCC1O. The topological polar surface area (TPSA) is 46.2 Å². The molecule has 9 heavy (non-hydrogen) atoms. The van der Waals surface area contributed by atoms with Crippen LogP contribution >= 0.6 is 17.0 Å². The summed E-state index contributed by atoms with van der Waals surface area (Å²) in [5.74, 6) is 0. The van der Waals surface area contributed by atoms with Crippen LogP contribution in [-0.2, 0) is 0 Å². The average Bonchev–Trinajstić information content (AvgIpc) is 1.77. The molecule has 0 heterocycles. The standard InChI is InChI=1S/C6H13NO.BrH/c7-5-3-1-2-4-6(5)8;/h5-6,8H,1-4,7H2;1H. The van der Waals surface area contributed by atoms with Crippen molar-refractivity contribution in [3.63, 3.8) is 0 Å². The van der Waals surface area contributed by atoms with Gasteiger partial charge in [0.1, 0.15) is 0 Å². The van der Waals surface area contributed by atoms with E-state index >= 15 is 0 Å². The summed E-state index contributed by atoms with van der Waals surface area (Å²) in [5.41, 5.74) is 5.53. The van der Waals surface area contributed by atoms with Crippen LogP contribution in [0.3, 0.4) is 0 Å². The summed E-state index contributed by atoms with van der Waals surface area (Å²) in [6.45, 7) is 0. The fraction of sp³-hybridized carbons (Fsp3) is 1.00. The highest BCUT2D eigenvalue weighted by Gasteiger charge is 2.17. The monoisotopic (exact) mass is 195 g/mol. The highest BCUT2D eigenvalue weighted by Crippen LogP contribution is 2.15. The molecule has 0 aromatic carbocycles. The number of aliphatic hydroxyl groups excluding tert-OH is 1. The number of hydrogen-bond donors (Lipinski definition) is 2. The molecule has 2 atom stereocenters. The smallest absolute Gasteiger partial charge is 0.0691 e. The molecule has 1 saturated carbocycles. The lowest BCUT2D eigenvalue weighted by Gasteiger charge is -2.23. The number of hydrogen-bond acceptors (Lipinski definition) is 2. The van der Waals surface area contributed by atoms with E-state index in [9.17, 15) is 0 Å². The van der Waals surface area contributed by atoms with Crippen LogP contribution in [0, 0.1) is 0 Å². The molecule has 0 aromatic rings. The number of aliphatic hydroxyl groups is 1. The van der Waals surface area contributed by atoms with Gasteiger partial charge in [0, 0.05) is 6.04 Å². The fourth-order valence-electron chi connectivity index (χ4n) is 1.14. The first-order valence-electron chi connectivity index (χ1n) is 3.24. The third-order valence-electron chi connectivity index (χ3n) is 1.78. The normalized spacial score (nSPS) is 35.3. The Morgan fingerprint density at radius 1 is 1.22 bits per heavy atom. The van der Waals surface area contributed by atoms with Crippen molar-refractivity contribution < 1.29 is 5.11 Å². The van der Waals surface area contributed by atoms with Crippen molar-refractivity contribution in [2.24, 2.45) is 5.73 Å². The summed E-state index contributed by atoms with van der Waals surface area (Å²) in [5, 5.41) is 9.05. The van der Waals surface area contributed by atoms with Crippen molar-refractivity contribution >= 4 is 17.0 Å². The zero-order valence-corrected chi connectivity index (χ0v) is 7.13. The van der Waals surface area contributed by atoms with Crippen LogP contribution < -0.4 is 5.73 Å². The highest BCUT2D eigenvalue weighted by molar-refractivity contribution is 8.93. The lowest BCUT2D eigenvalue weighted by atomic mass is 9.94. The van der Waals surface area contributed by atoms with Gasteiger partial charge in [-0.15, -0.1) is 17.0 Å². The van der Waals surface area contributed by atoms with Crippen LogP contribution in [0.1, 0.15) is 25.7 Å². The molecular formula is C6H14BrNO. The van der Waals surface area contributed by atoms with Crippen LogP contribution in [0.25, 0.3) is 0 Å². The third kappa shape index (κ3) is 2.65. The molecule has 56 valence electrons. The van der Waals surface area contributed by atoms with Crippen molar-refractivity contribution in [1.29, 1.82) is 0 Å². The van der Waals surface area contributed by atoms with Crippen LogP contribution in [0.4, 0.5) is 0 Å². The Balaban J connectivity index is 0.000000640. The molecular weight excluding hydrogens is 182 g/mol. The molecule has 0 saturated heterocycles. The Bertz CT molecular complexity index is 69.5. The van der Waals surface area contributed by atoms with E-state index in [1.807, 2.05) is 0 Å². The third-order valence-corrected chi connectivity index (χ3v) is 1.78. The first-order valence-corrected chi connectivity index (χ1v) is 3.24. The molecule has 0 aromatic heterocycles. The van der Waals surface area contributed by atoms with Gasteiger partial charge < -0.3 is 10.8 Å². The Hall–Kier alpha value is 0.400. The van der Waals surface area contributed by atoms with Crippen molar-refractivity contribution in [1.82, 2.24) is 0 Å². The lowest BCUT2D eigenvalue weighted by molar-refractivity contribution is 0.108. The minimum Gasteiger partial charge on any atom is -0.392 e. The van der Waals surface area contributed by atoms with E-state index in [4.69, 9.17) is 10.8 Å². The summed E-state index contributed by atoms with van der Waals surface area (Å²) in [4.78, 5) is 0. The van der Waals surface area contributed by atoms with Gasteiger partial charge in [0.2, 0.25) is 0 Å². The van der Waals surface area contributed by atoms with Crippen molar-refractivity contribution in [3.05, 3.63) is 0 Å². The van der Waals surface area contributed by atoms with E-state index in [-0.39, 0.29) is 29.1 Å². The fourth-order valence-corrected chi connectivity index (χ4v) is 1.14. The Labute approximate surface area is 66.2 Å². The van der Waals surface area contributed by atoms with Gasteiger partial charge in [-0.1, -0.05) is 12.8 Å². The van der Waals surface area contributed by atoms with E-state index in [1.54, 1.807) is 0 Å². The molecule has 0 spiro atoms. The molecule has 3 heteroatoms. The summed E-state index contributed by atoms with van der Waals surface area (Å²) >= 11 is 0. The van der Waals surface area contributed by atoms with Crippen LogP contribution in [0.2, 0.25) is 0 Å². The lowest BCUT2D eigenvalue weighted by Crippen LogP contribution is -2.37. The first-order chi connectivity index (χ1) is 3.80. The van der Waals surface area contributed by atoms with Gasteiger partial charge in [-0.3, -0.25) is 0 Å². The Morgan fingerprint density at radius 2 is 1.78 bits per heavy atom. The largest absolute Gasteiger partial charge is 0.392 e. The number of nitrogens with two attached hydrogens (primary N) is 1. The maximum absolute atomic E-state index is 9.05. The predicted octanol–water partition coefficient (Wildman–Crippen LogP) is 0.827. The molecule has 1 aliphatic carbocycles. The highest BCUT2D eigenvalue weighted by atomic mass is 79.9.